The number of hydrogen-bond acceptors (Lipinski definition) is 5. The van der Waals surface area contributed by atoms with E-state index in [1.165, 1.54) is 4.90 Å². The molecule has 0 aliphatic rings. The Bertz CT molecular complexity index is 429. The lowest BCUT2D eigenvalue weighted by Crippen LogP contribution is -2.01. The molecule has 0 fully saturated rings. The molecule has 2 aromatic heterocycles. The molecule has 0 aliphatic heterocycles. The molecule has 2 heterocycles. The molecule has 3 nitrogen and oxygen atoms in total. The summed E-state index contributed by atoms with van der Waals surface area (Å²) in [6.07, 6.45) is 4.75. The molecular weight excluding hydrogens is 238 g/mol. The van der Waals surface area contributed by atoms with Crippen molar-refractivity contribution in [3.05, 3.63) is 29.9 Å². The molecule has 0 radical (unpaired) electrons. The monoisotopic (exact) mass is 251 g/mol. The lowest BCUT2D eigenvalue weighted by molar-refractivity contribution is 0.967. The molecule has 0 amide bonds. The minimum atomic E-state index is 0.934. The molecule has 0 saturated carbocycles. The average Bonchev–Trinajstić information content (AvgIpc) is 2.80. The van der Waals surface area contributed by atoms with Gasteiger partial charge in [-0.15, -0.1) is 11.3 Å². The van der Waals surface area contributed by atoms with Crippen LogP contribution in [0.3, 0.4) is 0 Å². The maximum Gasteiger partial charge on any atom is 0.154 e. The quantitative estimate of drug-likeness (QED) is 0.882. The van der Waals surface area contributed by atoms with E-state index in [4.69, 9.17) is 0 Å². The van der Waals surface area contributed by atoms with Gasteiger partial charge in [0, 0.05) is 29.2 Å². The van der Waals surface area contributed by atoms with Gasteiger partial charge in [-0.1, -0.05) is 18.7 Å². The van der Waals surface area contributed by atoms with Crippen LogP contribution in [0.4, 0.5) is 5.82 Å². The predicted octanol–water partition coefficient (Wildman–Crippen LogP) is 3.51. The average molecular weight is 251 g/mol. The van der Waals surface area contributed by atoms with Gasteiger partial charge in [0.25, 0.3) is 0 Å². The van der Waals surface area contributed by atoms with E-state index in [0.29, 0.717) is 0 Å². The maximum atomic E-state index is 4.26. The van der Waals surface area contributed by atoms with E-state index in [-0.39, 0.29) is 0 Å². The predicted molar refractivity (Wildman–Crippen MR) is 69.3 cm³/mol. The van der Waals surface area contributed by atoms with E-state index >= 15 is 0 Å². The van der Waals surface area contributed by atoms with Crippen LogP contribution in [0.25, 0.3) is 0 Å². The molecule has 0 aromatic carbocycles. The summed E-state index contributed by atoms with van der Waals surface area (Å²) in [6, 6.07) is 4.06. The Labute approximate surface area is 103 Å². The Balaban J connectivity index is 2.04. The van der Waals surface area contributed by atoms with Gasteiger partial charge < -0.3 is 5.32 Å². The smallest absolute Gasteiger partial charge is 0.154 e. The second-order valence-electron chi connectivity index (χ2n) is 3.20. The molecule has 16 heavy (non-hydrogen) atoms. The van der Waals surface area contributed by atoms with E-state index in [9.17, 15) is 0 Å². The number of rotatable bonds is 5. The Hall–Kier alpha value is -1.07. The first-order chi connectivity index (χ1) is 7.88. The van der Waals surface area contributed by atoms with Gasteiger partial charge in [0.05, 0.1) is 0 Å². The van der Waals surface area contributed by atoms with Gasteiger partial charge in [0.2, 0.25) is 0 Å². The Morgan fingerprint density at radius 2 is 2.31 bits per heavy atom. The van der Waals surface area contributed by atoms with Gasteiger partial charge in [0.1, 0.15) is 5.82 Å². The standard InChI is InChI=1S/C11H13N3S2/c1-2-4-12-10-8-9(3-5-13-10)16-11-14-6-7-15-11/h3,5-8H,2,4H2,1H3,(H,12,13). The van der Waals surface area contributed by atoms with Crippen LogP contribution in [0.1, 0.15) is 13.3 Å². The van der Waals surface area contributed by atoms with Crippen LogP contribution in [0.2, 0.25) is 0 Å². The van der Waals surface area contributed by atoms with Crippen molar-refractivity contribution in [3.63, 3.8) is 0 Å². The van der Waals surface area contributed by atoms with Crippen LogP contribution < -0.4 is 5.32 Å². The fraction of sp³-hybridized carbons (Fsp3) is 0.273. The fourth-order valence-electron chi connectivity index (χ4n) is 1.19. The minimum absolute atomic E-state index is 0.934. The van der Waals surface area contributed by atoms with E-state index in [0.717, 1.165) is 23.1 Å². The number of anilines is 1. The SMILES string of the molecule is CCCNc1cc(Sc2nccs2)ccn1. The highest BCUT2D eigenvalue weighted by Crippen LogP contribution is 2.29. The van der Waals surface area contributed by atoms with Crippen molar-refractivity contribution >= 4 is 28.9 Å². The van der Waals surface area contributed by atoms with E-state index in [2.05, 4.69) is 28.3 Å². The number of hydrogen-bond donors (Lipinski definition) is 1. The zero-order valence-electron chi connectivity index (χ0n) is 9.01. The van der Waals surface area contributed by atoms with Crippen molar-refractivity contribution in [2.45, 2.75) is 22.6 Å². The van der Waals surface area contributed by atoms with Gasteiger partial charge >= 0.3 is 0 Å². The van der Waals surface area contributed by atoms with Crippen LogP contribution in [0.5, 0.6) is 0 Å². The molecule has 0 saturated heterocycles. The Kier molecular flexibility index (Phi) is 4.18. The summed E-state index contributed by atoms with van der Waals surface area (Å²) < 4.78 is 1.06. The van der Waals surface area contributed by atoms with Crippen LogP contribution in [0, 0.1) is 0 Å². The van der Waals surface area contributed by atoms with Gasteiger partial charge in [0.15, 0.2) is 4.34 Å². The third kappa shape index (κ3) is 3.21. The zero-order chi connectivity index (χ0) is 11.2. The lowest BCUT2D eigenvalue weighted by atomic mass is 10.4. The van der Waals surface area contributed by atoms with Crippen molar-refractivity contribution in [1.82, 2.24) is 9.97 Å². The minimum Gasteiger partial charge on any atom is -0.370 e. The van der Waals surface area contributed by atoms with E-state index < -0.39 is 0 Å². The molecule has 0 atom stereocenters. The van der Waals surface area contributed by atoms with Gasteiger partial charge in [-0.25, -0.2) is 9.97 Å². The van der Waals surface area contributed by atoms with Crippen molar-refractivity contribution in [1.29, 1.82) is 0 Å². The van der Waals surface area contributed by atoms with Gasteiger partial charge in [-0.05, 0) is 18.6 Å². The van der Waals surface area contributed by atoms with Crippen LogP contribution in [-0.4, -0.2) is 16.5 Å². The zero-order valence-corrected chi connectivity index (χ0v) is 10.6. The first kappa shape index (κ1) is 11.4. The summed E-state index contributed by atoms with van der Waals surface area (Å²) in [5.41, 5.74) is 0. The summed E-state index contributed by atoms with van der Waals surface area (Å²) in [6.45, 7) is 3.10. The molecule has 2 rings (SSSR count). The molecule has 0 aliphatic carbocycles. The summed E-state index contributed by atoms with van der Waals surface area (Å²) in [5.74, 6) is 0.934. The first-order valence-corrected chi connectivity index (χ1v) is 6.85. The van der Waals surface area contributed by atoms with E-state index in [1.54, 1.807) is 23.1 Å². The maximum absolute atomic E-state index is 4.26. The normalized spacial score (nSPS) is 10.3. The molecule has 2 aromatic rings. The molecule has 0 spiro atoms. The highest BCUT2D eigenvalue weighted by molar-refractivity contribution is 8.01. The number of thiazole rings is 1. The molecule has 0 unspecified atom stereocenters. The lowest BCUT2D eigenvalue weighted by Gasteiger charge is -2.04. The van der Waals surface area contributed by atoms with Crippen LogP contribution in [0.15, 0.2) is 39.1 Å². The highest BCUT2D eigenvalue weighted by atomic mass is 32.2. The summed E-state index contributed by atoms with van der Waals surface area (Å²) in [5, 5.41) is 5.26. The summed E-state index contributed by atoms with van der Waals surface area (Å²) in [7, 11) is 0. The summed E-state index contributed by atoms with van der Waals surface area (Å²) in [4.78, 5) is 9.68. The second kappa shape index (κ2) is 5.86. The third-order valence-corrected chi connectivity index (χ3v) is 3.78. The van der Waals surface area contributed by atoms with Crippen molar-refractivity contribution in [2.75, 3.05) is 11.9 Å². The molecule has 1 N–H and O–H groups in total. The topological polar surface area (TPSA) is 37.8 Å². The second-order valence-corrected chi connectivity index (χ2v) is 5.42. The highest BCUT2D eigenvalue weighted by Gasteiger charge is 2.01. The largest absolute Gasteiger partial charge is 0.370 e. The number of nitrogens with one attached hydrogen (secondary N) is 1. The molecule has 0 bridgehead atoms. The third-order valence-electron chi connectivity index (χ3n) is 1.90. The number of nitrogens with zero attached hydrogens (tertiary/aromatic N) is 2. The fourth-order valence-corrected chi connectivity index (χ4v) is 2.81. The number of aromatic nitrogens is 2. The molecular formula is C11H13N3S2. The van der Waals surface area contributed by atoms with Crippen molar-refractivity contribution in [3.8, 4) is 0 Å². The Morgan fingerprint density at radius 3 is 3.06 bits per heavy atom. The molecule has 5 heteroatoms. The molecule has 84 valence electrons. The first-order valence-electron chi connectivity index (χ1n) is 5.16. The van der Waals surface area contributed by atoms with Gasteiger partial charge in [-0.3, -0.25) is 0 Å². The van der Waals surface area contributed by atoms with Gasteiger partial charge in [-0.2, -0.15) is 0 Å². The van der Waals surface area contributed by atoms with Crippen molar-refractivity contribution in [2.24, 2.45) is 0 Å². The van der Waals surface area contributed by atoms with Crippen molar-refractivity contribution < 1.29 is 0 Å². The van der Waals surface area contributed by atoms with Crippen LogP contribution in [-0.2, 0) is 0 Å². The summed E-state index contributed by atoms with van der Waals surface area (Å²) >= 11 is 3.32. The Morgan fingerprint density at radius 1 is 1.38 bits per heavy atom. The van der Waals surface area contributed by atoms with E-state index in [1.807, 2.05) is 23.8 Å². The number of pyridine rings is 1. The van der Waals surface area contributed by atoms with Crippen LogP contribution >= 0.6 is 23.1 Å².